The molecule has 6 aliphatic rings. The van der Waals surface area contributed by atoms with Crippen LogP contribution in [0, 0.1) is 11.3 Å². The molecule has 2 heterocycles. The lowest BCUT2D eigenvalue weighted by Crippen LogP contribution is -2.81. The first kappa shape index (κ1) is 16.6. The fraction of sp³-hybridized carbons (Fsp3) is 0.727. The van der Waals surface area contributed by atoms with E-state index in [2.05, 4.69) is 24.1 Å². The minimum absolute atomic E-state index is 0.0123. The molecule has 3 saturated carbocycles. The number of aliphatic hydroxyl groups is 1. The third kappa shape index (κ3) is 1.51. The molecule has 27 heavy (non-hydrogen) atoms. The summed E-state index contributed by atoms with van der Waals surface area (Å²) >= 11 is 0. The number of rotatable bonds is 3. The van der Waals surface area contributed by atoms with Gasteiger partial charge in [-0.2, -0.15) is 0 Å². The minimum atomic E-state index is -0.407. The number of likely N-dealkylation sites (tertiary alicyclic amines) is 1. The molecule has 7 rings (SSSR count). The largest absolute Gasteiger partial charge is 0.493 e. The molecule has 4 bridgehead atoms. The highest BCUT2D eigenvalue weighted by atomic mass is 16.6. The highest BCUT2D eigenvalue weighted by molar-refractivity contribution is 5.63. The second-order valence-corrected chi connectivity index (χ2v) is 9.45. The summed E-state index contributed by atoms with van der Waals surface area (Å²) in [4.78, 5) is 2.58. The van der Waals surface area contributed by atoms with Crippen molar-refractivity contribution in [1.29, 1.82) is 0 Å². The zero-order valence-corrected chi connectivity index (χ0v) is 16.5. The summed E-state index contributed by atoms with van der Waals surface area (Å²) in [6.07, 6.45) is 5.29. The van der Waals surface area contributed by atoms with Gasteiger partial charge in [0.1, 0.15) is 11.7 Å². The maximum Gasteiger partial charge on any atom is 0.165 e. The first-order valence-electron chi connectivity index (χ1n) is 10.3. The van der Waals surface area contributed by atoms with Crippen molar-refractivity contribution in [2.45, 2.75) is 55.3 Å². The molecular weight excluding hydrogens is 342 g/mol. The number of benzene rings is 1. The molecule has 146 valence electrons. The summed E-state index contributed by atoms with van der Waals surface area (Å²) in [5.74, 6) is 1.93. The van der Waals surface area contributed by atoms with E-state index in [1.807, 2.05) is 7.11 Å². The van der Waals surface area contributed by atoms with Crippen LogP contribution in [0.5, 0.6) is 11.5 Å². The van der Waals surface area contributed by atoms with Gasteiger partial charge in [0, 0.05) is 42.1 Å². The van der Waals surface area contributed by atoms with E-state index < -0.39 is 5.60 Å². The Hall–Kier alpha value is -1.30. The smallest absolute Gasteiger partial charge is 0.165 e. The highest BCUT2D eigenvalue weighted by Gasteiger charge is 2.80. The Morgan fingerprint density at radius 3 is 2.85 bits per heavy atom. The standard InChI is InChI=1S/C22H29NO4/c1-23-9-8-21-17-13-4-5-15(25-2)18(17)27-19(21)22(26-3)7-6-20(21,16(23)10-13)11-14(22)12-24/h4-5,14,16,19,24H,6-12H2,1-3H3/t14-,16-,19-,20-,21+,22+/m1/s1. The Bertz CT molecular complexity index is 827. The molecule has 4 fully saturated rings. The van der Waals surface area contributed by atoms with Crippen LogP contribution in [0.15, 0.2) is 12.1 Å². The molecule has 1 N–H and O–H groups in total. The van der Waals surface area contributed by atoms with Crippen LogP contribution in [-0.2, 0) is 16.6 Å². The lowest BCUT2D eigenvalue weighted by Gasteiger charge is -2.73. The van der Waals surface area contributed by atoms with Gasteiger partial charge in [0.2, 0.25) is 0 Å². The van der Waals surface area contributed by atoms with Gasteiger partial charge in [-0.25, -0.2) is 0 Å². The van der Waals surface area contributed by atoms with Crippen LogP contribution in [0.25, 0.3) is 0 Å². The van der Waals surface area contributed by atoms with E-state index in [1.165, 1.54) is 11.1 Å². The van der Waals surface area contributed by atoms with Crippen molar-refractivity contribution in [3.8, 4) is 11.5 Å². The van der Waals surface area contributed by atoms with Crippen LogP contribution in [0.4, 0.5) is 0 Å². The van der Waals surface area contributed by atoms with Gasteiger partial charge in [-0.15, -0.1) is 0 Å². The lowest BCUT2D eigenvalue weighted by atomic mass is 9.35. The average Bonchev–Trinajstić information content (AvgIpc) is 3.07. The molecule has 1 aromatic rings. The van der Waals surface area contributed by atoms with E-state index >= 15 is 0 Å². The number of fused-ring (bicyclic) bond motifs is 2. The number of hydrogen-bond donors (Lipinski definition) is 1. The van der Waals surface area contributed by atoms with Crippen molar-refractivity contribution >= 4 is 0 Å². The summed E-state index contributed by atoms with van der Waals surface area (Å²) in [6, 6.07) is 4.84. The van der Waals surface area contributed by atoms with Crippen molar-refractivity contribution in [3.05, 3.63) is 23.3 Å². The van der Waals surface area contributed by atoms with E-state index in [-0.39, 0.29) is 29.5 Å². The first-order chi connectivity index (χ1) is 13.1. The van der Waals surface area contributed by atoms with Gasteiger partial charge in [-0.3, -0.25) is 0 Å². The van der Waals surface area contributed by atoms with Crippen LogP contribution in [-0.4, -0.2) is 62.2 Å². The predicted octanol–water partition coefficient (Wildman–Crippen LogP) is 2.13. The van der Waals surface area contributed by atoms with Gasteiger partial charge in [-0.05, 0) is 57.3 Å². The first-order valence-corrected chi connectivity index (χ1v) is 10.3. The van der Waals surface area contributed by atoms with E-state index in [0.29, 0.717) is 6.04 Å². The molecule has 0 aromatic heterocycles. The average molecular weight is 371 g/mol. The second kappa shape index (κ2) is 5.00. The zero-order chi connectivity index (χ0) is 18.6. The topological polar surface area (TPSA) is 51.2 Å². The number of methoxy groups -OCH3 is 2. The predicted molar refractivity (Wildman–Crippen MR) is 100 cm³/mol. The number of hydrogen-bond acceptors (Lipinski definition) is 5. The molecule has 0 unspecified atom stereocenters. The molecular formula is C22H29NO4. The summed E-state index contributed by atoms with van der Waals surface area (Å²) in [5, 5.41) is 10.3. The van der Waals surface area contributed by atoms with E-state index in [0.717, 1.165) is 50.1 Å². The summed E-state index contributed by atoms with van der Waals surface area (Å²) in [6.45, 7) is 1.26. The maximum atomic E-state index is 10.3. The van der Waals surface area contributed by atoms with Crippen molar-refractivity contribution < 1.29 is 19.3 Å². The van der Waals surface area contributed by atoms with Crippen molar-refractivity contribution in [2.24, 2.45) is 11.3 Å². The molecule has 6 atom stereocenters. The third-order valence-corrected chi connectivity index (χ3v) is 9.20. The fourth-order valence-electron chi connectivity index (χ4n) is 8.19. The molecule has 4 aliphatic carbocycles. The normalized spacial score (nSPS) is 46.1. The monoisotopic (exact) mass is 371 g/mol. The third-order valence-electron chi connectivity index (χ3n) is 9.20. The van der Waals surface area contributed by atoms with Crippen molar-refractivity contribution in [3.63, 3.8) is 0 Å². The number of piperidine rings is 1. The van der Waals surface area contributed by atoms with Gasteiger partial charge in [-0.1, -0.05) is 6.07 Å². The molecule has 0 amide bonds. The van der Waals surface area contributed by atoms with Gasteiger partial charge in [0.25, 0.3) is 0 Å². The molecule has 5 heteroatoms. The molecule has 1 aromatic carbocycles. The van der Waals surface area contributed by atoms with Gasteiger partial charge in [0.05, 0.1) is 7.11 Å². The van der Waals surface area contributed by atoms with E-state index in [9.17, 15) is 5.11 Å². The van der Waals surface area contributed by atoms with Gasteiger partial charge in [0.15, 0.2) is 11.5 Å². The van der Waals surface area contributed by atoms with Crippen LogP contribution < -0.4 is 9.47 Å². The van der Waals surface area contributed by atoms with Crippen LogP contribution in [0.2, 0.25) is 0 Å². The molecule has 2 spiro atoms. The van der Waals surface area contributed by atoms with Gasteiger partial charge < -0.3 is 24.2 Å². The molecule has 5 nitrogen and oxygen atoms in total. The zero-order valence-electron chi connectivity index (χ0n) is 16.5. The van der Waals surface area contributed by atoms with Crippen molar-refractivity contribution in [1.82, 2.24) is 4.90 Å². The lowest BCUT2D eigenvalue weighted by molar-refractivity contribution is -0.279. The van der Waals surface area contributed by atoms with E-state index in [1.54, 1.807) is 7.11 Å². The number of ether oxygens (including phenoxy) is 3. The number of aliphatic hydroxyl groups excluding tert-OH is 1. The highest BCUT2D eigenvalue weighted by Crippen LogP contribution is 2.76. The quantitative estimate of drug-likeness (QED) is 0.882. The van der Waals surface area contributed by atoms with E-state index in [4.69, 9.17) is 14.2 Å². The van der Waals surface area contributed by atoms with Crippen molar-refractivity contribution in [2.75, 3.05) is 34.4 Å². The second-order valence-electron chi connectivity index (χ2n) is 9.45. The molecule has 0 radical (unpaired) electrons. The van der Waals surface area contributed by atoms with Crippen LogP contribution in [0.3, 0.4) is 0 Å². The van der Waals surface area contributed by atoms with Crippen LogP contribution >= 0.6 is 0 Å². The Morgan fingerprint density at radius 2 is 2.11 bits per heavy atom. The Labute approximate surface area is 160 Å². The maximum absolute atomic E-state index is 10.3. The number of nitrogens with zero attached hydrogens (tertiary/aromatic N) is 1. The van der Waals surface area contributed by atoms with Crippen LogP contribution in [0.1, 0.15) is 36.8 Å². The summed E-state index contributed by atoms with van der Waals surface area (Å²) in [5.41, 5.74) is 2.57. The fourth-order valence-corrected chi connectivity index (χ4v) is 8.19. The summed E-state index contributed by atoms with van der Waals surface area (Å²) in [7, 11) is 5.83. The van der Waals surface area contributed by atoms with Gasteiger partial charge >= 0.3 is 0 Å². The molecule has 1 saturated heterocycles. The number of likely N-dealkylation sites (N-methyl/N-ethyl adjacent to an activating group) is 1. The summed E-state index contributed by atoms with van der Waals surface area (Å²) < 4.78 is 18.8. The molecule has 2 aliphatic heterocycles. The Morgan fingerprint density at radius 1 is 1.26 bits per heavy atom. The minimum Gasteiger partial charge on any atom is -0.493 e. The Kier molecular flexibility index (Phi) is 3.08. The Balaban J connectivity index is 1.69. The SMILES string of the molecule is COc1ccc2c3c1O[C@H]1[C@]4(OC)CC[C@@]5(C[C@@H]4CO)[C@@H](C2)N(C)CC[C@]315.